The highest BCUT2D eigenvalue weighted by Crippen LogP contribution is 2.34. The second-order valence-corrected chi connectivity index (χ2v) is 4.53. The Bertz CT molecular complexity index is 361. The highest BCUT2D eigenvalue weighted by atomic mass is 16.3. The molecule has 3 nitrogen and oxygen atoms in total. The monoisotopic (exact) mass is 223 g/mol. The minimum Gasteiger partial charge on any atom is -0.508 e. The van der Waals surface area contributed by atoms with Crippen LogP contribution in [0.3, 0.4) is 0 Å². The minimum absolute atomic E-state index is 0.0280. The molecule has 2 unspecified atom stereocenters. The van der Waals surface area contributed by atoms with Crippen molar-refractivity contribution in [1.82, 2.24) is 0 Å². The Morgan fingerprint density at radius 3 is 2.31 bits per heavy atom. The molecule has 1 aromatic rings. The highest BCUT2D eigenvalue weighted by molar-refractivity contribution is 5.46. The molecule has 0 aliphatic rings. The average Bonchev–Trinajstić information content (AvgIpc) is 2.21. The van der Waals surface area contributed by atoms with E-state index < -0.39 is 0 Å². The number of hydrogen-bond acceptors (Lipinski definition) is 3. The predicted molar refractivity (Wildman–Crippen MR) is 65.8 cm³/mol. The van der Waals surface area contributed by atoms with Crippen LogP contribution in [0.25, 0.3) is 0 Å². The molecule has 0 heterocycles. The number of rotatable bonds is 4. The van der Waals surface area contributed by atoms with E-state index in [0.717, 1.165) is 12.0 Å². The van der Waals surface area contributed by atoms with Crippen LogP contribution in [0.15, 0.2) is 12.1 Å². The summed E-state index contributed by atoms with van der Waals surface area (Å²) in [4.78, 5) is 0. The SMILES string of the molecule is CCC(C)c1cc(O)c(CC(C)N)cc1O. The van der Waals surface area contributed by atoms with E-state index in [2.05, 4.69) is 6.92 Å². The largest absolute Gasteiger partial charge is 0.508 e. The molecule has 0 radical (unpaired) electrons. The van der Waals surface area contributed by atoms with Crippen molar-refractivity contribution in [1.29, 1.82) is 0 Å². The minimum atomic E-state index is -0.0280. The fraction of sp³-hybridized carbons (Fsp3) is 0.538. The third-order valence-corrected chi connectivity index (χ3v) is 2.91. The molecular weight excluding hydrogens is 202 g/mol. The maximum atomic E-state index is 9.88. The Morgan fingerprint density at radius 1 is 1.19 bits per heavy atom. The topological polar surface area (TPSA) is 66.5 Å². The first-order valence-corrected chi connectivity index (χ1v) is 5.76. The maximum absolute atomic E-state index is 9.88. The first-order valence-electron chi connectivity index (χ1n) is 5.76. The summed E-state index contributed by atoms with van der Waals surface area (Å²) in [5.41, 5.74) is 7.18. The molecule has 0 fully saturated rings. The Labute approximate surface area is 96.9 Å². The molecule has 0 aromatic heterocycles. The van der Waals surface area contributed by atoms with Crippen LogP contribution in [0.4, 0.5) is 0 Å². The summed E-state index contributed by atoms with van der Waals surface area (Å²) in [7, 11) is 0. The van der Waals surface area contributed by atoms with Crippen molar-refractivity contribution >= 4 is 0 Å². The highest BCUT2D eigenvalue weighted by Gasteiger charge is 2.13. The van der Waals surface area contributed by atoms with Crippen LogP contribution < -0.4 is 5.73 Å². The zero-order valence-electron chi connectivity index (χ0n) is 10.2. The summed E-state index contributed by atoms with van der Waals surface area (Å²) in [5, 5.41) is 19.7. The van der Waals surface area contributed by atoms with E-state index in [9.17, 15) is 10.2 Å². The predicted octanol–water partition coefficient (Wildman–Crippen LogP) is 2.50. The van der Waals surface area contributed by atoms with Crippen LogP contribution in [-0.2, 0) is 6.42 Å². The van der Waals surface area contributed by atoms with Gasteiger partial charge in [-0.2, -0.15) is 0 Å². The lowest BCUT2D eigenvalue weighted by molar-refractivity contribution is 0.442. The van der Waals surface area contributed by atoms with Crippen molar-refractivity contribution in [2.24, 2.45) is 5.73 Å². The number of hydrogen-bond donors (Lipinski definition) is 3. The first-order chi connectivity index (χ1) is 7.45. The van der Waals surface area contributed by atoms with Crippen LogP contribution in [0.1, 0.15) is 44.2 Å². The van der Waals surface area contributed by atoms with E-state index >= 15 is 0 Å². The van der Waals surface area contributed by atoms with Gasteiger partial charge in [0.05, 0.1) is 0 Å². The van der Waals surface area contributed by atoms with Crippen LogP contribution in [-0.4, -0.2) is 16.3 Å². The van der Waals surface area contributed by atoms with Crippen molar-refractivity contribution in [2.75, 3.05) is 0 Å². The van der Waals surface area contributed by atoms with E-state index in [4.69, 9.17) is 5.73 Å². The van der Waals surface area contributed by atoms with Gasteiger partial charge in [0.1, 0.15) is 11.5 Å². The van der Waals surface area contributed by atoms with Crippen molar-refractivity contribution in [3.63, 3.8) is 0 Å². The van der Waals surface area contributed by atoms with E-state index in [1.165, 1.54) is 0 Å². The van der Waals surface area contributed by atoms with Crippen LogP contribution in [0.5, 0.6) is 11.5 Å². The number of phenolic OH excluding ortho intramolecular Hbond substituents is 2. The van der Waals surface area contributed by atoms with Gasteiger partial charge in [0.2, 0.25) is 0 Å². The second-order valence-electron chi connectivity index (χ2n) is 4.53. The van der Waals surface area contributed by atoms with Gasteiger partial charge < -0.3 is 15.9 Å². The normalized spacial score (nSPS) is 14.8. The van der Waals surface area contributed by atoms with E-state index in [1.54, 1.807) is 12.1 Å². The Hall–Kier alpha value is -1.22. The number of nitrogens with two attached hydrogens (primary N) is 1. The molecule has 4 N–H and O–H groups in total. The molecule has 0 aliphatic heterocycles. The summed E-state index contributed by atoms with van der Waals surface area (Å²) >= 11 is 0. The quantitative estimate of drug-likeness (QED) is 0.687. The molecule has 0 aliphatic carbocycles. The summed E-state index contributed by atoms with van der Waals surface area (Å²) in [6.07, 6.45) is 1.50. The van der Waals surface area contributed by atoms with Crippen LogP contribution in [0.2, 0.25) is 0 Å². The number of aromatic hydroxyl groups is 2. The zero-order chi connectivity index (χ0) is 12.3. The van der Waals surface area contributed by atoms with Gasteiger partial charge in [-0.25, -0.2) is 0 Å². The molecule has 0 amide bonds. The van der Waals surface area contributed by atoms with E-state index in [1.807, 2.05) is 13.8 Å². The fourth-order valence-electron chi connectivity index (χ4n) is 1.76. The number of phenols is 2. The van der Waals surface area contributed by atoms with E-state index in [-0.39, 0.29) is 23.5 Å². The van der Waals surface area contributed by atoms with Crippen molar-refractivity contribution in [3.8, 4) is 11.5 Å². The molecule has 3 heteroatoms. The standard InChI is InChI=1S/C13H21NO2/c1-4-8(2)11-7-12(15)10(5-9(3)14)6-13(11)16/h6-9,15-16H,4-5,14H2,1-3H3. The Morgan fingerprint density at radius 2 is 1.81 bits per heavy atom. The third kappa shape index (κ3) is 2.89. The van der Waals surface area contributed by atoms with Gasteiger partial charge in [0, 0.05) is 11.6 Å². The lowest BCUT2D eigenvalue weighted by Gasteiger charge is -2.15. The average molecular weight is 223 g/mol. The van der Waals surface area contributed by atoms with Crippen LogP contribution >= 0.6 is 0 Å². The van der Waals surface area contributed by atoms with Gasteiger partial charge in [0.25, 0.3) is 0 Å². The van der Waals surface area contributed by atoms with Crippen LogP contribution in [0, 0.1) is 0 Å². The van der Waals surface area contributed by atoms with Gasteiger partial charge in [-0.15, -0.1) is 0 Å². The van der Waals surface area contributed by atoms with Gasteiger partial charge in [0.15, 0.2) is 0 Å². The molecule has 16 heavy (non-hydrogen) atoms. The molecule has 0 spiro atoms. The summed E-state index contributed by atoms with van der Waals surface area (Å²) < 4.78 is 0. The number of benzene rings is 1. The molecule has 0 saturated carbocycles. The third-order valence-electron chi connectivity index (χ3n) is 2.91. The fourth-order valence-corrected chi connectivity index (χ4v) is 1.76. The molecule has 1 aromatic carbocycles. The molecule has 1 rings (SSSR count). The summed E-state index contributed by atoms with van der Waals surface area (Å²) in [6, 6.07) is 3.25. The van der Waals surface area contributed by atoms with Gasteiger partial charge in [-0.3, -0.25) is 0 Å². The lowest BCUT2D eigenvalue weighted by Crippen LogP contribution is -2.17. The molecule has 0 bridgehead atoms. The first kappa shape index (κ1) is 12.8. The molecule has 90 valence electrons. The Kier molecular flexibility index (Phi) is 4.19. The molecule has 0 saturated heterocycles. The maximum Gasteiger partial charge on any atom is 0.119 e. The van der Waals surface area contributed by atoms with E-state index in [0.29, 0.717) is 12.0 Å². The second kappa shape index (κ2) is 5.21. The zero-order valence-corrected chi connectivity index (χ0v) is 10.2. The van der Waals surface area contributed by atoms with Gasteiger partial charge >= 0.3 is 0 Å². The molecular formula is C13H21NO2. The van der Waals surface area contributed by atoms with Gasteiger partial charge in [-0.1, -0.05) is 13.8 Å². The summed E-state index contributed by atoms with van der Waals surface area (Å²) in [5.74, 6) is 0.725. The molecule has 2 atom stereocenters. The summed E-state index contributed by atoms with van der Waals surface area (Å²) in [6.45, 7) is 5.95. The van der Waals surface area contributed by atoms with Crippen molar-refractivity contribution < 1.29 is 10.2 Å². The van der Waals surface area contributed by atoms with Crippen molar-refractivity contribution in [2.45, 2.75) is 45.6 Å². The lowest BCUT2D eigenvalue weighted by atomic mass is 9.94. The smallest absolute Gasteiger partial charge is 0.119 e. The van der Waals surface area contributed by atoms with Gasteiger partial charge in [-0.05, 0) is 43.4 Å². The Balaban J connectivity index is 3.06. The van der Waals surface area contributed by atoms with Crippen molar-refractivity contribution in [3.05, 3.63) is 23.3 Å².